The molecule has 0 fully saturated rings. The number of pyridine rings is 1. The Balaban J connectivity index is 1.50. The number of aromatic nitrogens is 6. The Kier molecular flexibility index (Phi) is 5.12. The summed E-state index contributed by atoms with van der Waals surface area (Å²) in [5, 5.41) is 8.34. The van der Waals surface area contributed by atoms with E-state index in [0.29, 0.717) is 17.2 Å². The van der Waals surface area contributed by atoms with Crippen LogP contribution in [0.25, 0.3) is 22.4 Å². The first-order valence-corrected chi connectivity index (χ1v) is 10.6. The van der Waals surface area contributed by atoms with Crippen LogP contribution in [0.5, 0.6) is 5.88 Å². The van der Waals surface area contributed by atoms with Gasteiger partial charge in [-0.2, -0.15) is 10.1 Å². The van der Waals surface area contributed by atoms with Crippen molar-refractivity contribution in [3.8, 4) is 11.6 Å². The number of esters is 1. The molecular weight excluding hydrogens is 436 g/mol. The van der Waals surface area contributed by atoms with Gasteiger partial charge in [0.2, 0.25) is 5.88 Å². The lowest BCUT2D eigenvalue weighted by molar-refractivity contribution is 0.0602. The highest BCUT2D eigenvalue weighted by molar-refractivity contribution is 5.95. The number of H-pyrrole nitrogens is 1. The number of nitrogens with one attached hydrogen (secondary N) is 1. The SMILES string of the molecule is COC(=O)c1c[nH]n2c(=O)cc(COc3cc(C)c4c(C)nn(-c5ccc(C)cc5)c4n3)nc12. The van der Waals surface area contributed by atoms with Crippen LogP contribution < -0.4 is 10.3 Å². The Morgan fingerprint density at radius 2 is 1.82 bits per heavy atom. The van der Waals surface area contributed by atoms with Gasteiger partial charge >= 0.3 is 5.97 Å². The van der Waals surface area contributed by atoms with Gasteiger partial charge < -0.3 is 9.47 Å². The fourth-order valence-electron chi connectivity index (χ4n) is 3.92. The Morgan fingerprint density at radius 1 is 1.06 bits per heavy atom. The van der Waals surface area contributed by atoms with E-state index in [2.05, 4.69) is 15.2 Å². The summed E-state index contributed by atoms with van der Waals surface area (Å²) >= 11 is 0. The molecule has 0 amide bonds. The third-order valence-electron chi connectivity index (χ3n) is 5.59. The number of methoxy groups -OCH3 is 1. The fourth-order valence-corrected chi connectivity index (χ4v) is 3.92. The monoisotopic (exact) mass is 458 g/mol. The molecule has 5 rings (SSSR count). The van der Waals surface area contributed by atoms with E-state index in [1.165, 1.54) is 23.9 Å². The molecule has 0 radical (unpaired) electrons. The number of aromatic amines is 1. The topological polar surface area (TPSA) is 116 Å². The van der Waals surface area contributed by atoms with Crippen molar-refractivity contribution in [3.63, 3.8) is 0 Å². The lowest BCUT2D eigenvalue weighted by Crippen LogP contribution is -2.17. The van der Waals surface area contributed by atoms with E-state index in [4.69, 9.17) is 14.5 Å². The van der Waals surface area contributed by atoms with E-state index in [9.17, 15) is 9.59 Å². The summed E-state index contributed by atoms with van der Waals surface area (Å²) in [6, 6.07) is 11.2. The van der Waals surface area contributed by atoms with Crippen molar-refractivity contribution < 1.29 is 14.3 Å². The molecule has 1 N–H and O–H groups in total. The van der Waals surface area contributed by atoms with Gasteiger partial charge in [-0.15, -0.1) is 0 Å². The van der Waals surface area contributed by atoms with Gasteiger partial charge in [0, 0.05) is 23.7 Å². The first-order valence-electron chi connectivity index (χ1n) is 10.6. The zero-order chi connectivity index (χ0) is 24.0. The van der Waals surface area contributed by atoms with Crippen LogP contribution in [0.2, 0.25) is 0 Å². The lowest BCUT2D eigenvalue weighted by Gasteiger charge is -2.09. The standard InChI is InChI=1S/C24H22N6O4/c1-13-5-7-17(8-6-13)29-23-21(15(3)28-29)14(2)9-19(27-23)34-12-16-10-20(31)30-22(26-16)18(11-25-30)24(32)33-4/h5-11,25H,12H2,1-4H3. The van der Waals surface area contributed by atoms with Crippen LogP contribution in [0.4, 0.5) is 0 Å². The third kappa shape index (κ3) is 3.58. The molecule has 172 valence electrons. The van der Waals surface area contributed by atoms with Gasteiger partial charge in [-0.1, -0.05) is 17.7 Å². The largest absolute Gasteiger partial charge is 0.471 e. The highest BCUT2D eigenvalue weighted by atomic mass is 16.5. The van der Waals surface area contributed by atoms with Crippen LogP contribution in [0, 0.1) is 20.8 Å². The molecule has 1 aromatic carbocycles. The summed E-state index contributed by atoms with van der Waals surface area (Å²) in [7, 11) is 1.27. The number of carbonyl (C=O) groups excluding carboxylic acids is 1. The summed E-state index contributed by atoms with van der Waals surface area (Å²) < 4.78 is 13.6. The number of aryl methyl sites for hydroxylation is 3. The van der Waals surface area contributed by atoms with Crippen molar-refractivity contribution in [3.05, 3.63) is 81.0 Å². The first kappa shape index (κ1) is 21.4. The molecule has 4 heterocycles. The average Bonchev–Trinajstić information content (AvgIpc) is 3.39. The highest BCUT2D eigenvalue weighted by Gasteiger charge is 2.17. The van der Waals surface area contributed by atoms with Crippen LogP contribution in [-0.4, -0.2) is 42.4 Å². The minimum Gasteiger partial charge on any atom is -0.471 e. The third-order valence-corrected chi connectivity index (χ3v) is 5.59. The molecule has 0 saturated heterocycles. The molecule has 10 nitrogen and oxygen atoms in total. The van der Waals surface area contributed by atoms with Crippen molar-refractivity contribution >= 4 is 22.6 Å². The molecule has 0 unspecified atom stereocenters. The number of hydrogen-bond donors (Lipinski definition) is 1. The quantitative estimate of drug-likeness (QED) is 0.402. The Labute approximate surface area is 193 Å². The average molecular weight is 458 g/mol. The predicted octanol–water partition coefficient (Wildman–Crippen LogP) is 3.05. The van der Waals surface area contributed by atoms with Gasteiger partial charge in [0.15, 0.2) is 11.3 Å². The first-order chi connectivity index (χ1) is 16.4. The molecule has 0 atom stereocenters. The molecule has 0 saturated carbocycles. The number of rotatable bonds is 5. The van der Waals surface area contributed by atoms with Crippen molar-refractivity contribution in [1.29, 1.82) is 0 Å². The molecule has 0 spiro atoms. The maximum atomic E-state index is 12.4. The van der Waals surface area contributed by atoms with Gasteiger partial charge in [-0.25, -0.2) is 19.0 Å². The van der Waals surface area contributed by atoms with E-state index >= 15 is 0 Å². The van der Waals surface area contributed by atoms with E-state index in [1.807, 2.05) is 51.1 Å². The highest BCUT2D eigenvalue weighted by Crippen LogP contribution is 2.27. The number of nitrogens with zero attached hydrogens (tertiary/aromatic N) is 5. The smallest absolute Gasteiger partial charge is 0.343 e. The molecule has 4 aromatic heterocycles. The molecule has 5 aromatic rings. The zero-order valence-corrected chi connectivity index (χ0v) is 19.1. The molecule has 0 aliphatic heterocycles. The van der Waals surface area contributed by atoms with Gasteiger partial charge in [-0.3, -0.25) is 9.89 Å². The second kappa shape index (κ2) is 8.14. The van der Waals surface area contributed by atoms with Gasteiger partial charge in [-0.05, 0) is 38.5 Å². The van der Waals surface area contributed by atoms with Gasteiger partial charge in [0.25, 0.3) is 5.56 Å². The summed E-state index contributed by atoms with van der Waals surface area (Å²) in [6.45, 7) is 5.95. The molecule has 0 bridgehead atoms. The van der Waals surface area contributed by atoms with E-state index < -0.39 is 5.97 Å². The summed E-state index contributed by atoms with van der Waals surface area (Å²) in [4.78, 5) is 33.5. The number of fused-ring (bicyclic) bond motifs is 2. The molecule has 10 heteroatoms. The molecule has 34 heavy (non-hydrogen) atoms. The van der Waals surface area contributed by atoms with E-state index in [1.54, 1.807) is 4.68 Å². The van der Waals surface area contributed by atoms with Crippen LogP contribution in [-0.2, 0) is 11.3 Å². The summed E-state index contributed by atoms with van der Waals surface area (Å²) in [5.41, 5.74) is 4.90. The molecule has 0 aliphatic rings. The Morgan fingerprint density at radius 3 is 2.56 bits per heavy atom. The van der Waals surface area contributed by atoms with Crippen molar-refractivity contribution in [2.75, 3.05) is 7.11 Å². The maximum Gasteiger partial charge on any atom is 0.343 e. The second-order valence-corrected chi connectivity index (χ2v) is 8.02. The van der Waals surface area contributed by atoms with Gasteiger partial charge in [0.1, 0.15) is 12.2 Å². The maximum absolute atomic E-state index is 12.4. The van der Waals surface area contributed by atoms with Crippen LogP contribution >= 0.6 is 0 Å². The van der Waals surface area contributed by atoms with Crippen LogP contribution in [0.1, 0.15) is 32.9 Å². The van der Waals surface area contributed by atoms with E-state index in [-0.39, 0.29) is 23.4 Å². The van der Waals surface area contributed by atoms with Crippen molar-refractivity contribution in [2.45, 2.75) is 27.4 Å². The fraction of sp³-hybridized carbons (Fsp3) is 0.208. The Bertz CT molecular complexity index is 1610. The van der Waals surface area contributed by atoms with E-state index in [0.717, 1.165) is 27.9 Å². The minimum absolute atomic E-state index is 0.00682. The Hall–Kier alpha value is -4.47. The number of hydrogen-bond acceptors (Lipinski definition) is 7. The predicted molar refractivity (Wildman–Crippen MR) is 125 cm³/mol. The number of ether oxygens (including phenoxy) is 2. The lowest BCUT2D eigenvalue weighted by atomic mass is 10.1. The summed E-state index contributed by atoms with van der Waals surface area (Å²) in [6.07, 6.45) is 1.38. The second-order valence-electron chi connectivity index (χ2n) is 8.02. The van der Waals surface area contributed by atoms with Crippen molar-refractivity contribution in [1.82, 2.24) is 29.4 Å². The number of benzene rings is 1. The normalized spacial score (nSPS) is 11.3. The van der Waals surface area contributed by atoms with Crippen LogP contribution in [0.3, 0.4) is 0 Å². The zero-order valence-electron chi connectivity index (χ0n) is 19.1. The molecular formula is C24H22N6O4. The number of carbonyl (C=O) groups is 1. The van der Waals surface area contributed by atoms with Gasteiger partial charge in [0.05, 0.1) is 24.2 Å². The molecule has 0 aliphatic carbocycles. The van der Waals surface area contributed by atoms with Crippen LogP contribution in [0.15, 0.2) is 47.4 Å². The summed E-state index contributed by atoms with van der Waals surface area (Å²) in [5.74, 6) is -0.214. The van der Waals surface area contributed by atoms with Crippen molar-refractivity contribution in [2.24, 2.45) is 0 Å². The minimum atomic E-state index is -0.591.